The summed E-state index contributed by atoms with van der Waals surface area (Å²) in [7, 11) is 0. The average Bonchev–Trinajstić information content (AvgIpc) is 2.13. The summed E-state index contributed by atoms with van der Waals surface area (Å²) in [6.07, 6.45) is 3.16. The van der Waals surface area contributed by atoms with E-state index in [-0.39, 0.29) is 12.2 Å². The number of ether oxygens (including phenoxy) is 1. The molecule has 0 saturated carbocycles. The molecule has 0 spiro atoms. The fraction of sp³-hybridized carbons (Fsp3) is 0.455. The minimum absolute atomic E-state index is 0.0947. The van der Waals surface area contributed by atoms with Gasteiger partial charge in [-0.1, -0.05) is 6.58 Å². The van der Waals surface area contributed by atoms with Crippen LogP contribution in [0.25, 0.3) is 0 Å². The zero-order valence-corrected chi connectivity index (χ0v) is 9.90. The quantitative estimate of drug-likeness (QED) is 0.426. The SMILES string of the molecule is C=C(C=O)N(/C=C\N)CC(=O)OC(C)(C)C. The maximum absolute atomic E-state index is 11.5. The van der Waals surface area contributed by atoms with E-state index in [1.165, 1.54) is 17.3 Å². The van der Waals surface area contributed by atoms with Gasteiger partial charge in [0.05, 0.1) is 5.70 Å². The van der Waals surface area contributed by atoms with Crippen LogP contribution in [0.5, 0.6) is 0 Å². The van der Waals surface area contributed by atoms with Gasteiger partial charge in [-0.15, -0.1) is 0 Å². The predicted octanol–water partition coefficient (Wildman–Crippen LogP) is 0.773. The molecule has 16 heavy (non-hydrogen) atoms. The van der Waals surface area contributed by atoms with Crippen LogP contribution in [0.15, 0.2) is 24.7 Å². The Morgan fingerprint density at radius 2 is 2.06 bits per heavy atom. The van der Waals surface area contributed by atoms with Gasteiger partial charge in [0.2, 0.25) is 0 Å². The van der Waals surface area contributed by atoms with Crippen molar-refractivity contribution in [3.8, 4) is 0 Å². The number of carbonyl (C=O) groups is 2. The predicted molar refractivity (Wildman–Crippen MR) is 61.1 cm³/mol. The largest absolute Gasteiger partial charge is 0.459 e. The summed E-state index contributed by atoms with van der Waals surface area (Å²) in [4.78, 5) is 23.3. The number of carbonyl (C=O) groups excluding carboxylic acids is 2. The zero-order chi connectivity index (χ0) is 12.8. The third-order valence-electron chi connectivity index (χ3n) is 1.49. The molecule has 0 aromatic carbocycles. The van der Waals surface area contributed by atoms with Crippen molar-refractivity contribution in [1.29, 1.82) is 0 Å². The second kappa shape index (κ2) is 5.95. The van der Waals surface area contributed by atoms with Crippen LogP contribution in [0.3, 0.4) is 0 Å². The molecule has 2 N–H and O–H groups in total. The fourth-order valence-electron chi connectivity index (χ4n) is 0.934. The van der Waals surface area contributed by atoms with E-state index >= 15 is 0 Å². The third kappa shape index (κ3) is 5.85. The van der Waals surface area contributed by atoms with Gasteiger partial charge in [0.15, 0.2) is 6.29 Å². The molecule has 0 unspecified atom stereocenters. The highest BCUT2D eigenvalue weighted by Gasteiger charge is 2.18. The molecule has 90 valence electrons. The van der Waals surface area contributed by atoms with Crippen molar-refractivity contribution in [3.05, 3.63) is 24.7 Å². The highest BCUT2D eigenvalue weighted by molar-refractivity contribution is 5.76. The van der Waals surface area contributed by atoms with E-state index in [0.717, 1.165) is 0 Å². The zero-order valence-electron chi connectivity index (χ0n) is 9.90. The second-order valence-electron chi connectivity index (χ2n) is 4.17. The first kappa shape index (κ1) is 14.2. The number of aldehydes is 1. The van der Waals surface area contributed by atoms with Gasteiger partial charge in [-0.3, -0.25) is 9.59 Å². The van der Waals surface area contributed by atoms with Gasteiger partial charge in [0.25, 0.3) is 0 Å². The van der Waals surface area contributed by atoms with E-state index in [1.807, 2.05) is 0 Å². The lowest BCUT2D eigenvalue weighted by Crippen LogP contribution is -2.32. The van der Waals surface area contributed by atoms with Gasteiger partial charge in [-0.2, -0.15) is 0 Å². The molecular weight excluding hydrogens is 208 g/mol. The molecule has 0 bridgehead atoms. The topological polar surface area (TPSA) is 72.6 Å². The summed E-state index contributed by atoms with van der Waals surface area (Å²) in [5.41, 5.74) is 4.78. The maximum atomic E-state index is 11.5. The lowest BCUT2D eigenvalue weighted by molar-refractivity contribution is -0.155. The minimum Gasteiger partial charge on any atom is -0.459 e. The van der Waals surface area contributed by atoms with Crippen LogP contribution in [-0.2, 0) is 14.3 Å². The Kier molecular flexibility index (Phi) is 5.29. The lowest BCUT2D eigenvalue weighted by atomic mass is 10.2. The number of esters is 1. The first-order valence-electron chi connectivity index (χ1n) is 4.81. The number of nitrogens with zero attached hydrogens (tertiary/aromatic N) is 1. The number of rotatable bonds is 5. The van der Waals surface area contributed by atoms with E-state index in [1.54, 1.807) is 20.8 Å². The number of allylic oxidation sites excluding steroid dienone is 1. The summed E-state index contributed by atoms with van der Waals surface area (Å²) in [5.74, 6) is -0.450. The molecule has 0 amide bonds. The van der Waals surface area contributed by atoms with Crippen molar-refractivity contribution < 1.29 is 14.3 Å². The Morgan fingerprint density at radius 1 is 1.50 bits per heavy atom. The van der Waals surface area contributed by atoms with Crippen molar-refractivity contribution in [3.63, 3.8) is 0 Å². The number of hydrogen-bond donors (Lipinski definition) is 1. The molecule has 0 aliphatic carbocycles. The summed E-state index contributed by atoms with van der Waals surface area (Å²) in [6, 6.07) is 0. The van der Waals surface area contributed by atoms with E-state index in [2.05, 4.69) is 6.58 Å². The Morgan fingerprint density at radius 3 is 2.44 bits per heavy atom. The van der Waals surface area contributed by atoms with Crippen molar-refractivity contribution >= 4 is 12.3 Å². The number of hydrogen-bond acceptors (Lipinski definition) is 5. The van der Waals surface area contributed by atoms with Crippen LogP contribution in [0.2, 0.25) is 0 Å². The molecule has 0 radical (unpaired) electrons. The molecule has 0 atom stereocenters. The summed E-state index contributed by atoms with van der Waals surface area (Å²) < 4.78 is 5.10. The van der Waals surface area contributed by atoms with Crippen molar-refractivity contribution in [2.75, 3.05) is 6.54 Å². The highest BCUT2D eigenvalue weighted by Crippen LogP contribution is 2.08. The van der Waals surface area contributed by atoms with Crippen molar-refractivity contribution in [2.24, 2.45) is 5.73 Å². The molecule has 0 aromatic rings. The molecule has 0 aliphatic rings. The van der Waals surface area contributed by atoms with Crippen LogP contribution in [0, 0.1) is 0 Å². The summed E-state index contributed by atoms with van der Waals surface area (Å²) in [5, 5.41) is 0. The fourth-order valence-corrected chi connectivity index (χ4v) is 0.934. The third-order valence-corrected chi connectivity index (χ3v) is 1.49. The smallest absolute Gasteiger partial charge is 0.326 e. The van der Waals surface area contributed by atoms with Gasteiger partial charge < -0.3 is 15.4 Å². The standard InChI is InChI=1S/C11H18N2O3/c1-9(8-14)13(6-5-12)7-10(15)16-11(2,3)4/h5-6,8H,1,7,12H2,2-4H3/b6-5-. The molecular formula is C11H18N2O3. The van der Waals surface area contributed by atoms with Crippen LogP contribution in [0.4, 0.5) is 0 Å². The first-order chi connectivity index (χ1) is 7.30. The lowest BCUT2D eigenvalue weighted by Gasteiger charge is -2.23. The van der Waals surface area contributed by atoms with E-state index in [0.29, 0.717) is 6.29 Å². The number of nitrogens with two attached hydrogens (primary N) is 1. The maximum Gasteiger partial charge on any atom is 0.326 e. The van der Waals surface area contributed by atoms with Crippen molar-refractivity contribution in [1.82, 2.24) is 4.90 Å². The molecule has 0 aliphatic heterocycles. The molecule has 0 aromatic heterocycles. The normalized spacial score (nSPS) is 11.2. The van der Waals surface area contributed by atoms with Crippen LogP contribution < -0.4 is 5.73 Å². The van der Waals surface area contributed by atoms with Gasteiger partial charge in [-0.25, -0.2) is 0 Å². The Balaban J connectivity index is 4.47. The minimum atomic E-state index is -0.558. The van der Waals surface area contributed by atoms with Gasteiger partial charge in [-0.05, 0) is 20.8 Å². The van der Waals surface area contributed by atoms with Gasteiger partial charge >= 0.3 is 5.97 Å². The second-order valence-corrected chi connectivity index (χ2v) is 4.17. The molecule has 5 heteroatoms. The van der Waals surface area contributed by atoms with Crippen LogP contribution in [0.1, 0.15) is 20.8 Å². The van der Waals surface area contributed by atoms with Gasteiger partial charge in [0.1, 0.15) is 12.1 Å². The van der Waals surface area contributed by atoms with Crippen LogP contribution in [-0.4, -0.2) is 29.3 Å². The summed E-state index contributed by atoms with van der Waals surface area (Å²) in [6.45, 7) is 8.69. The molecule has 0 fully saturated rings. The monoisotopic (exact) mass is 226 g/mol. The average molecular weight is 226 g/mol. The van der Waals surface area contributed by atoms with E-state index < -0.39 is 11.6 Å². The Labute approximate surface area is 95.5 Å². The van der Waals surface area contributed by atoms with Gasteiger partial charge in [0, 0.05) is 12.4 Å². The molecule has 0 heterocycles. The summed E-state index contributed by atoms with van der Waals surface area (Å²) >= 11 is 0. The molecule has 0 rings (SSSR count). The Hall–Kier alpha value is -1.78. The molecule has 0 saturated heterocycles. The Bertz CT molecular complexity index is 303. The van der Waals surface area contributed by atoms with Crippen LogP contribution >= 0.6 is 0 Å². The first-order valence-corrected chi connectivity index (χ1v) is 4.81. The van der Waals surface area contributed by atoms with Crippen molar-refractivity contribution in [2.45, 2.75) is 26.4 Å². The molecule has 5 nitrogen and oxygen atoms in total. The van der Waals surface area contributed by atoms with E-state index in [4.69, 9.17) is 10.5 Å². The van der Waals surface area contributed by atoms with E-state index in [9.17, 15) is 9.59 Å². The highest BCUT2D eigenvalue weighted by atomic mass is 16.6.